The van der Waals surface area contributed by atoms with E-state index in [0.29, 0.717) is 0 Å². The molecule has 2 heteroatoms. The molecule has 0 bridgehead atoms. The van der Waals surface area contributed by atoms with Crippen LogP contribution in [0.2, 0.25) is 0 Å². The van der Waals surface area contributed by atoms with E-state index in [1.165, 1.54) is 22.4 Å². The van der Waals surface area contributed by atoms with Gasteiger partial charge >= 0.3 is 0 Å². The van der Waals surface area contributed by atoms with Crippen molar-refractivity contribution in [2.45, 2.75) is 13.3 Å². The number of para-hydroxylation sites is 1. The van der Waals surface area contributed by atoms with Gasteiger partial charge in [-0.15, -0.1) is 0 Å². The van der Waals surface area contributed by atoms with Crippen molar-refractivity contribution >= 4 is 28.0 Å². The summed E-state index contributed by atoms with van der Waals surface area (Å²) in [6.07, 6.45) is 5.14. The van der Waals surface area contributed by atoms with Gasteiger partial charge in [-0.2, -0.15) is 0 Å². The van der Waals surface area contributed by atoms with Crippen LogP contribution in [0.4, 0.5) is 11.4 Å². The number of hydrogen-bond donors (Lipinski definition) is 0. The summed E-state index contributed by atoms with van der Waals surface area (Å²) in [6, 6.07) is 25.5. The highest BCUT2D eigenvalue weighted by Crippen LogP contribution is 2.42. The molecule has 0 atom stereocenters. The number of nitrogens with zero attached hydrogens (tertiary/aromatic N) is 1. The fourth-order valence-corrected chi connectivity index (χ4v) is 3.72. The largest absolute Gasteiger partial charge is 0.462 e. The minimum atomic E-state index is 0.909. The number of anilines is 2. The summed E-state index contributed by atoms with van der Waals surface area (Å²) < 4.78 is 5.85. The van der Waals surface area contributed by atoms with Crippen LogP contribution in [0.3, 0.4) is 0 Å². The fourth-order valence-electron chi connectivity index (χ4n) is 3.72. The molecule has 1 aliphatic rings. The van der Waals surface area contributed by atoms with Crippen LogP contribution in [0.5, 0.6) is 0 Å². The van der Waals surface area contributed by atoms with Gasteiger partial charge in [-0.1, -0.05) is 60.2 Å². The Labute approximate surface area is 153 Å². The Morgan fingerprint density at radius 1 is 0.846 bits per heavy atom. The van der Waals surface area contributed by atoms with Gasteiger partial charge in [0, 0.05) is 16.6 Å². The van der Waals surface area contributed by atoms with Crippen LogP contribution in [0, 0.1) is 6.92 Å². The van der Waals surface area contributed by atoms with E-state index in [1.807, 2.05) is 18.4 Å². The maximum absolute atomic E-state index is 5.85. The van der Waals surface area contributed by atoms with Crippen molar-refractivity contribution in [1.29, 1.82) is 0 Å². The molecule has 0 unspecified atom stereocenters. The SMILES string of the molecule is Cc1ccc(N(C2=CCc3ccccc32)c2coc3ccccc23)cc1. The third-order valence-electron chi connectivity index (χ3n) is 5.04. The third-order valence-corrected chi connectivity index (χ3v) is 5.04. The maximum Gasteiger partial charge on any atom is 0.136 e. The summed E-state index contributed by atoms with van der Waals surface area (Å²) in [4.78, 5) is 2.32. The van der Waals surface area contributed by atoms with Crippen molar-refractivity contribution in [3.8, 4) is 0 Å². The average molecular weight is 337 g/mol. The van der Waals surface area contributed by atoms with E-state index in [2.05, 4.69) is 78.6 Å². The Morgan fingerprint density at radius 2 is 1.62 bits per heavy atom. The standard InChI is InChI=1S/C24H19NO/c1-17-10-13-19(14-11-17)25(22-15-12-18-6-2-3-7-20(18)22)23-16-26-24-9-5-4-8-21(23)24/h2-11,13-16H,12H2,1H3. The minimum Gasteiger partial charge on any atom is -0.462 e. The molecular formula is C24H19NO. The molecule has 5 rings (SSSR count). The number of fused-ring (bicyclic) bond motifs is 2. The van der Waals surface area contributed by atoms with Crippen molar-refractivity contribution in [3.05, 3.63) is 102 Å². The highest BCUT2D eigenvalue weighted by molar-refractivity contribution is 6.01. The molecule has 26 heavy (non-hydrogen) atoms. The van der Waals surface area contributed by atoms with Gasteiger partial charge in [-0.3, -0.25) is 0 Å². The fraction of sp³-hybridized carbons (Fsp3) is 0.0833. The molecule has 0 aliphatic heterocycles. The predicted octanol–water partition coefficient (Wildman–Crippen LogP) is 6.48. The van der Waals surface area contributed by atoms with Crippen LogP contribution < -0.4 is 4.90 Å². The Hall–Kier alpha value is -3.26. The molecule has 1 aromatic heterocycles. The van der Waals surface area contributed by atoms with E-state index in [1.54, 1.807) is 0 Å². The van der Waals surface area contributed by atoms with Gasteiger partial charge in [-0.25, -0.2) is 0 Å². The Morgan fingerprint density at radius 3 is 2.50 bits per heavy atom. The number of aryl methyl sites for hydroxylation is 1. The highest BCUT2D eigenvalue weighted by Gasteiger charge is 2.24. The molecule has 0 amide bonds. The number of furan rings is 1. The first kappa shape index (κ1) is 15.0. The van der Waals surface area contributed by atoms with Gasteiger partial charge in [0.15, 0.2) is 0 Å². The molecule has 0 fully saturated rings. The smallest absolute Gasteiger partial charge is 0.136 e. The first-order valence-electron chi connectivity index (χ1n) is 8.93. The zero-order valence-electron chi connectivity index (χ0n) is 14.6. The van der Waals surface area contributed by atoms with E-state index in [-0.39, 0.29) is 0 Å². The minimum absolute atomic E-state index is 0.909. The molecule has 1 aliphatic carbocycles. The lowest BCUT2D eigenvalue weighted by molar-refractivity contribution is 0.616. The second-order valence-electron chi connectivity index (χ2n) is 6.74. The molecule has 0 N–H and O–H groups in total. The first-order chi connectivity index (χ1) is 12.8. The molecule has 4 aromatic rings. The van der Waals surface area contributed by atoms with Gasteiger partial charge < -0.3 is 9.32 Å². The van der Waals surface area contributed by atoms with Crippen molar-refractivity contribution in [2.24, 2.45) is 0 Å². The lowest BCUT2D eigenvalue weighted by Gasteiger charge is -2.26. The second-order valence-corrected chi connectivity index (χ2v) is 6.74. The van der Waals surface area contributed by atoms with Crippen molar-refractivity contribution in [2.75, 3.05) is 4.90 Å². The van der Waals surface area contributed by atoms with Crippen LogP contribution in [0.1, 0.15) is 16.7 Å². The summed E-state index contributed by atoms with van der Waals surface area (Å²) in [5.41, 5.74) is 8.26. The van der Waals surface area contributed by atoms with Gasteiger partial charge in [0.05, 0.1) is 11.4 Å². The Bertz CT molecular complexity index is 1120. The Balaban J connectivity index is 1.73. The average Bonchev–Trinajstić information content (AvgIpc) is 3.29. The van der Waals surface area contributed by atoms with E-state index in [9.17, 15) is 0 Å². The topological polar surface area (TPSA) is 16.4 Å². The molecular weight excluding hydrogens is 318 g/mol. The molecule has 2 nitrogen and oxygen atoms in total. The highest BCUT2D eigenvalue weighted by atomic mass is 16.3. The molecule has 0 spiro atoms. The first-order valence-corrected chi connectivity index (χ1v) is 8.93. The monoisotopic (exact) mass is 337 g/mol. The van der Waals surface area contributed by atoms with Crippen LogP contribution >= 0.6 is 0 Å². The number of hydrogen-bond acceptors (Lipinski definition) is 2. The van der Waals surface area contributed by atoms with Crippen molar-refractivity contribution < 1.29 is 4.42 Å². The summed E-state index contributed by atoms with van der Waals surface area (Å²) >= 11 is 0. The quantitative estimate of drug-likeness (QED) is 0.425. The summed E-state index contributed by atoms with van der Waals surface area (Å²) in [5, 5.41) is 1.12. The lowest BCUT2D eigenvalue weighted by atomic mass is 10.1. The van der Waals surface area contributed by atoms with Crippen LogP contribution in [-0.4, -0.2) is 0 Å². The zero-order valence-corrected chi connectivity index (χ0v) is 14.6. The molecule has 0 radical (unpaired) electrons. The summed E-state index contributed by atoms with van der Waals surface area (Å²) in [6.45, 7) is 2.12. The number of rotatable bonds is 3. The van der Waals surface area contributed by atoms with E-state index < -0.39 is 0 Å². The Kier molecular flexibility index (Phi) is 3.42. The van der Waals surface area contributed by atoms with Crippen molar-refractivity contribution in [3.63, 3.8) is 0 Å². The zero-order chi connectivity index (χ0) is 17.5. The predicted molar refractivity (Wildman–Crippen MR) is 108 cm³/mol. The van der Waals surface area contributed by atoms with E-state index >= 15 is 0 Å². The van der Waals surface area contributed by atoms with E-state index in [0.717, 1.165) is 28.8 Å². The number of benzene rings is 3. The molecule has 1 heterocycles. The summed E-state index contributed by atoms with van der Waals surface area (Å²) in [5.74, 6) is 0. The lowest BCUT2D eigenvalue weighted by Crippen LogP contribution is -2.14. The third kappa shape index (κ3) is 2.34. The molecule has 3 aromatic carbocycles. The normalized spacial score (nSPS) is 12.9. The number of allylic oxidation sites excluding steroid dienone is 1. The van der Waals surface area contributed by atoms with Gasteiger partial charge in [0.1, 0.15) is 11.8 Å². The second kappa shape index (κ2) is 5.92. The molecule has 0 saturated heterocycles. The van der Waals surface area contributed by atoms with Gasteiger partial charge in [-0.05, 0) is 43.2 Å². The van der Waals surface area contributed by atoms with Gasteiger partial charge in [0.2, 0.25) is 0 Å². The summed E-state index contributed by atoms with van der Waals surface area (Å²) in [7, 11) is 0. The molecule has 126 valence electrons. The maximum atomic E-state index is 5.85. The van der Waals surface area contributed by atoms with Crippen LogP contribution in [0.15, 0.2) is 89.6 Å². The van der Waals surface area contributed by atoms with Crippen LogP contribution in [0.25, 0.3) is 16.7 Å². The van der Waals surface area contributed by atoms with Crippen molar-refractivity contribution in [1.82, 2.24) is 0 Å². The van der Waals surface area contributed by atoms with Gasteiger partial charge in [0.25, 0.3) is 0 Å². The van der Waals surface area contributed by atoms with Crippen LogP contribution in [-0.2, 0) is 6.42 Å². The van der Waals surface area contributed by atoms with E-state index in [4.69, 9.17) is 4.42 Å². The molecule has 0 saturated carbocycles.